The van der Waals surface area contributed by atoms with Gasteiger partial charge in [0.15, 0.2) is 5.16 Å². The molecule has 0 aliphatic carbocycles. The maximum Gasteiger partial charge on any atom is 0.163 e. The molecule has 1 N–H and O–H groups in total. The quantitative estimate of drug-likeness (QED) is 0.574. The van der Waals surface area contributed by atoms with E-state index in [0.29, 0.717) is 0 Å². The fraction of sp³-hybridized carbons (Fsp3) is 0. The number of halogens is 1. The number of rotatable bonds is 0. The van der Waals surface area contributed by atoms with Gasteiger partial charge in [0.2, 0.25) is 0 Å². The summed E-state index contributed by atoms with van der Waals surface area (Å²) in [5.41, 5.74) is 0.804. The van der Waals surface area contributed by atoms with Gasteiger partial charge in [0.25, 0.3) is 0 Å². The molecule has 0 fully saturated rings. The highest BCUT2D eigenvalue weighted by molar-refractivity contribution is 8.15. The molecule has 0 bridgehead atoms. The van der Waals surface area contributed by atoms with Crippen LogP contribution in [0.5, 0.6) is 0 Å². The zero-order valence-corrected chi connectivity index (χ0v) is 6.55. The predicted molar refractivity (Wildman–Crippen MR) is 45.4 cm³/mol. The van der Waals surface area contributed by atoms with E-state index in [-0.39, 0.29) is 0 Å². The van der Waals surface area contributed by atoms with Crippen LogP contribution in [0.1, 0.15) is 5.56 Å². The smallest absolute Gasteiger partial charge is 0.163 e. The van der Waals surface area contributed by atoms with Crippen molar-refractivity contribution in [2.24, 2.45) is 0 Å². The highest BCUT2D eigenvalue weighted by atomic mass is 32.2. The maximum atomic E-state index is 12.7. The number of benzene rings is 1. The van der Waals surface area contributed by atoms with Crippen LogP contribution in [-0.4, -0.2) is 4.55 Å². The fourth-order valence-electron chi connectivity index (χ4n) is 1.11. The van der Waals surface area contributed by atoms with Crippen LogP contribution in [0.3, 0.4) is 0 Å². The van der Waals surface area contributed by atoms with Crippen LogP contribution in [0.15, 0.2) is 34.3 Å². The van der Waals surface area contributed by atoms with Crippen molar-refractivity contribution in [1.29, 1.82) is 0 Å². The number of hydrogen-bond acceptors (Lipinski definition) is 1. The van der Waals surface area contributed by atoms with E-state index in [1.165, 1.54) is 6.08 Å². The number of fused-ring (bicyclic) bond motifs is 1. The van der Waals surface area contributed by atoms with Crippen LogP contribution in [0.25, 0.3) is 6.08 Å². The zero-order valence-electron chi connectivity index (χ0n) is 5.66. The Morgan fingerprint density at radius 1 is 1.27 bits per heavy atom. The summed E-state index contributed by atoms with van der Waals surface area (Å²) < 4.78 is 22.0. The van der Waals surface area contributed by atoms with E-state index in [9.17, 15) is 8.94 Å². The third-order valence-electron chi connectivity index (χ3n) is 1.64. The van der Waals surface area contributed by atoms with Crippen LogP contribution in [-0.2, 0) is 0 Å². The Morgan fingerprint density at radius 3 is 2.73 bits per heavy atom. The van der Waals surface area contributed by atoms with E-state index < -0.39 is 16.3 Å². The van der Waals surface area contributed by atoms with Crippen LogP contribution in [0.2, 0.25) is 0 Å². The number of hydrogen-bond donors (Lipinski definition) is 2. The molecule has 1 atom stereocenters. The van der Waals surface area contributed by atoms with Crippen LogP contribution in [0, 0.1) is 0 Å². The second kappa shape index (κ2) is 2.36. The molecular formula is C8H7FOS. The van der Waals surface area contributed by atoms with Crippen molar-refractivity contribution in [3.8, 4) is 0 Å². The fourth-order valence-corrected chi connectivity index (χ4v) is 2.21. The second-order valence-corrected chi connectivity index (χ2v) is 3.87. The second-order valence-electron chi connectivity index (χ2n) is 2.34. The summed E-state index contributed by atoms with van der Waals surface area (Å²) in [6, 6.07) is 7.19. The highest BCUT2D eigenvalue weighted by Crippen LogP contribution is 2.49. The van der Waals surface area contributed by atoms with Gasteiger partial charge in [-0.1, -0.05) is 29.4 Å². The first-order valence-corrected chi connectivity index (χ1v) is 4.54. The maximum absolute atomic E-state index is 12.7. The Morgan fingerprint density at radius 2 is 2.00 bits per heavy atom. The van der Waals surface area contributed by atoms with Gasteiger partial charge in [-0.25, -0.2) is 0 Å². The van der Waals surface area contributed by atoms with E-state index in [1.807, 2.05) is 6.07 Å². The molecule has 1 aromatic carbocycles. The lowest BCUT2D eigenvalue weighted by Crippen LogP contribution is -1.76. The van der Waals surface area contributed by atoms with Crippen molar-refractivity contribution >= 4 is 17.3 Å². The zero-order chi connectivity index (χ0) is 7.84. The Balaban J connectivity index is 2.58. The average molecular weight is 170 g/mol. The molecule has 0 amide bonds. The average Bonchev–Trinajstić information content (AvgIpc) is 2.30. The third kappa shape index (κ3) is 0.968. The predicted octanol–water partition coefficient (Wildman–Crippen LogP) is 2.80. The minimum absolute atomic E-state index is 0.402. The van der Waals surface area contributed by atoms with Crippen molar-refractivity contribution in [2.75, 3.05) is 0 Å². The monoisotopic (exact) mass is 170 g/mol. The van der Waals surface area contributed by atoms with E-state index >= 15 is 0 Å². The Kier molecular flexibility index (Phi) is 1.47. The molecule has 58 valence electrons. The minimum atomic E-state index is -1.65. The van der Waals surface area contributed by atoms with Gasteiger partial charge in [-0.15, -0.1) is 0 Å². The van der Waals surface area contributed by atoms with Crippen LogP contribution < -0.4 is 0 Å². The largest absolute Gasteiger partial charge is 0.343 e. The Hall–Kier alpha value is -0.800. The van der Waals surface area contributed by atoms with Gasteiger partial charge in [-0.2, -0.15) is 4.39 Å². The van der Waals surface area contributed by atoms with Gasteiger partial charge in [0, 0.05) is 4.90 Å². The molecule has 1 aromatic rings. The molecule has 0 saturated heterocycles. The first-order valence-electron chi connectivity index (χ1n) is 3.24. The third-order valence-corrected chi connectivity index (χ3v) is 3.04. The van der Waals surface area contributed by atoms with Gasteiger partial charge in [-0.3, -0.25) is 0 Å². The molecule has 0 saturated carbocycles. The molecule has 3 heteroatoms. The normalized spacial score (nSPS) is 24.5. The molecule has 11 heavy (non-hydrogen) atoms. The molecule has 0 spiro atoms. The minimum Gasteiger partial charge on any atom is -0.343 e. The lowest BCUT2D eigenvalue weighted by Gasteiger charge is -2.06. The lowest BCUT2D eigenvalue weighted by molar-refractivity contribution is 0.622. The molecule has 1 aliphatic rings. The molecular weight excluding hydrogens is 163 g/mol. The van der Waals surface area contributed by atoms with Gasteiger partial charge in [0.05, 0.1) is 0 Å². The first kappa shape index (κ1) is 6.88. The van der Waals surface area contributed by atoms with Crippen LogP contribution >= 0.6 is 11.2 Å². The Labute approximate surface area is 66.7 Å². The lowest BCUT2D eigenvalue weighted by atomic mass is 10.2. The van der Waals surface area contributed by atoms with E-state index in [4.69, 9.17) is 0 Å². The van der Waals surface area contributed by atoms with Gasteiger partial charge in [0.1, 0.15) is 0 Å². The molecule has 0 aromatic heterocycles. The first-order chi connectivity index (χ1) is 5.29. The highest BCUT2D eigenvalue weighted by Gasteiger charge is 2.18. The summed E-state index contributed by atoms with van der Waals surface area (Å²) in [6.07, 6.45) is 1.39. The van der Waals surface area contributed by atoms with Crippen molar-refractivity contribution < 1.29 is 8.94 Å². The summed E-state index contributed by atoms with van der Waals surface area (Å²) in [6.45, 7) is 0. The molecule has 2 rings (SSSR count). The summed E-state index contributed by atoms with van der Waals surface area (Å²) in [4.78, 5) is 0.722. The van der Waals surface area contributed by atoms with E-state index in [2.05, 4.69) is 0 Å². The molecule has 1 unspecified atom stereocenters. The SMILES string of the molecule is O[SH]1C(F)=Cc2ccccc21. The van der Waals surface area contributed by atoms with Crippen molar-refractivity contribution in [2.45, 2.75) is 4.90 Å². The van der Waals surface area contributed by atoms with Crippen molar-refractivity contribution in [3.05, 3.63) is 35.0 Å². The summed E-state index contributed by atoms with van der Waals surface area (Å²) in [5.74, 6) is 0. The van der Waals surface area contributed by atoms with Gasteiger partial charge >= 0.3 is 0 Å². The standard InChI is InChI=1S/C8H7FOS/c9-8-5-6-3-1-2-4-7(6)11(8)10/h1-5,10-11H. The summed E-state index contributed by atoms with van der Waals surface area (Å²) in [5, 5.41) is -0.402. The molecule has 1 aliphatic heterocycles. The van der Waals surface area contributed by atoms with Crippen molar-refractivity contribution in [1.82, 2.24) is 0 Å². The summed E-state index contributed by atoms with van der Waals surface area (Å²) >= 11 is -1.65. The van der Waals surface area contributed by atoms with Crippen molar-refractivity contribution in [3.63, 3.8) is 0 Å². The van der Waals surface area contributed by atoms with E-state index in [0.717, 1.165) is 10.5 Å². The summed E-state index contributed by atoms with van der Waals surface area (Å²) in [7, 11) is 0. The van der Waals surface area contributed by atoms with Crippen LogP contribution in [0.4, 0.5) is 4.39 Å². The Bertz CT molecular complexity index is 322. The van der Waals surface area contributed by atoms with E-state index in [1.54, 1.807) is 18.2 Å². The molecule has 0 radical (unpaired) electrons. The molecule has 1 nitrogen and oxygen atoms in total. The topological polar surface area (TPSA) is 20.2 Å². The number of thiol groups is 1. The van der Waals surface area contributed by atoms with Gasteiger partial charge < -0.3 is 4.55 Å². The molecule has 1 heterocycles. The van der Waals surface area contributed by atoms with Gasteiger partial charge in [-0.05, 0) is 17.7 Å².